The average molecular weight is 307 g/mol. The molecular formula is C13H13N3O4S. The third kappa shape index (κ3) is 3.97. The maximum absolute atomic E-state index is 11.9. The van der Waals surface area contributed by atoms with Crippen LogP contribution >= 0.6 is 11.8 Å². The van der Waals surface area contributed by atoms with Crippen molar-refractivity contribution in [2.24, 2.45) is 4.99 Å². The maximum atomic E-state index is 11.9. The van der Waals surface area contributed by atoms with Crippen LogP contribution in [0.5, 0.6) is 0 Å². The van der Waals surface area contributed by atoms with Crippen molar-refractivity contribution in [3.8, 4) is 6.19 Å². The number of carbonyl (C=O) groups excluding carboxylic acids is 2. The molecule has 7 nitrogen and oxygen atoms in total. The summed E-state index contributed by atoms with van der Waals surface area (Å²) in [6, 6.07) is 4.53. The van der Waals surface area contributed by atoms with Crippen LogP contribution in [0, 0.1) is 11.5 Å². The van der Waals surface area contributed by atoms with Gasteiger partial charge in [-0.05, 0) is 18.4 Å². The number of methoxy groups -OCH3 is 2. The molecule has 0 spiro atoms. The van der Waals surface area contributed by atoms with E-state index in [1.807, 2.05) is 0 Å². The van der Waals surface area contributed by atoms with E-state index in [2.05, 4.69) is 19.8 Å². The Labute approximate surface area is 125 Å². The van der Waals surface area contributed by atoms with Gasteiger partial charge in [0.15, 0.2) is 11.4 Å². The summed E-state index contributed by atoms with van der Waals surface area (Å²) >= 11 is 1.19. The van der Waals surface area contributed by atoms with E-state index < -0.39 is 11.9 Å². The number of carbonyl (C=O) groups is 2. The van der Waals surface area contributed by atoms with Crippen molar-refractivity contribution in [2.75, 3.05) is 20.5 Å². The van der Waals surface area contributed by atoms with Crippen LogP contribution in [-0.2, 0) is 9.47 Å². The summed E-state index contributed by atoms with van der Waals surface area (Å²) < 4.78 is 9.32. The number of hydrogen-bond donors (Lipinski definition) is 1. The van der Waals surface area contributed by atoms with Crippen LogP contribution in [-0.4, -0.2) is 37.6 Å². The van der Waals surface area contributed by atoms with Crippen molar-refractivity contribution in [2.45, 2.75) is 0 Å². The maximum Gasteiger partial charge on any atom is 0.340 e. The number of benzene rings is 1. The first kappa shape index (κ1) is 16.5. The van der Waals surface area contributed by atoms with Crippen LogP contribution in [0.4, 0.5) is 5.69 Å². The number of ether oxygens (including phenoxy) is 2. The van der Waals surface area contributed by atoms with Gasteiger partial charge in [-0.15, -0.1) is 0 Å². The van der Waals surface area contributed by atoms with Gasteiger partial charge < -0.3 is 9.47 Å². The first-order chi connectivity index (χ1) is 10.1. The van der Waals surface area contributed by atoms with Crippen molar-refractivity contribution in [1.29, 1.82) is 5.26 Å². The van der Waals surface area contributed by atoms with Gasteiger partial charge in [-0.3, -0.25) is 5.32 Å². The number of hydrogen-bond acceptors (Lipinski definition) is 7. The van der Waals surface area contributed by atoms with Crippen molar-refractivity contribution in [1.82, 2.24) is 5.32 Å². The molecule has 0 fully saturated rings. The molecule has 0 heterocycles. The predicted octanol–water partition coefficient (Wildman–Crippen LogP) is 1.68. The highest BCUT2D eigenvalue weighted by Gasteiger charge is 2.22. The van der Waals surface area contributed by atoms with Crippen LogP contribution < -0.4 is 5.32 Å². The lowest BCUT2D eigenvalue weighted by molar-refractivity contribution is 0.0556. The minimum atomic E-state index is -0.716. The summed E-state index contributed by atoms with van der Waals surface area (Å²) in [6.45, 7) is 0. The number of nitriles is 1. The van der Waals surface area contributed by atoms with Gasteiger partial charge in [0.2, 0.25) is 0 Å². The second kappa shape index (κ2) is 7.91. The van der Waals surface area contributed by atoms with Gasteiger partial charge in [-0.25, -0.2) is 14.6 Å². The molecule has 21 heavy (non-hydrogen) atoms. The molecule has 110 valence electrons. The first-order valence-electron chi connectivity index (χ1n) is 5.66. The Hall–Kier alpha value is -2.53. The molecular weight excluding hydrogens is 294 g/mol. The van der Waals surface area contributed by atoms with Gasteiger partial charge >= 0.3 is 11.9 Å². The van der Waals surface area contributed by atoms with Gasteiger partial charge in [0, 0.05) is 0 Å². The number of thioether (sulfide) groups is 1. The van der Waals surface area contributed by atoms with Crippen LogP contribution in [0.15, 0.2) is 23.2 Å². The summed E-state index contributed by atoms with van der Waals surface area (Å²) in [5, 5.41) is 11.3. The third-order valence-corrected chi connectivity index (χ3v) is 3.00. The molecule has 0 aromatic heterocycles. The first-order valence-corrected chi connectivity index (χ1v) is 6.88. The van der Waals surface area contributed by atoms with E-state index in [1.165, 1.54) is 38.1 Å². The predicted molar refractivity (Wildman–Crippen MR) is 78.5 cm³/mol. The molecule has 0 aliphatic carbocycles. The summed E-state index contributed by atoms with van der Waals surface area (Å²) in [6.07, 6.45) is 3.45. The van der Waals surface area contributed by atoms with Crippen molar-refractivity contribution >= 4 is 34.6 Å². The molecule has 0 atom stereocenters. The molecule has 1 aromatic carbocycles. The van der Waals surface area contributed by atoms with Crippen LogP contribution in [0.3, 0.4) is 0 Å². The Kier molecular flexibility index (Phi) is 6.23. The van der Waals surface area contributed by atoms with E-state index in [9.17, 15) is 9.59 Å². The highest BCUT2D eigenvalue weighted by molar-refractivity contribution is 8.13. The topological polar surface area (TPSA) is 101 Å². The second-order valence-electron chi connectivity index (χ2n) is 3.54. The van der Waals surface area contributed by atoms with E-state index >= 15 is 0 Å². The van der Waals surface area contributed by atoms with Gasteiger partial charge in [0.25, 0.3) is 0 Å². The highest BCUT2D eigenvalue weighted by atomic mass is 32.2. The number of rotatable bonds is 3. The van der Waals surface area contributed by atoms with E-state index in [4.69, 9.17) is 5.26 Å². The largest absolute Gasteiger partial charge is 0.465 e. The Morgan fingerprint density at radius 1 is 1.29 bits per heavy atom. The molecule has 1 aromatic rings. The van der Waals surface area contributed by atoms with Crippen LogP contribution in [0.1, 0.15) is 20.7 Å². The van der Waals surface area contributed by atoms with E-state index in [1.54, 1.807) is 18.5 Å². The minimum absolute atomic E-state index is 0.0156. The van der Waals surface area contributed by atoms with Gasteiger partial charge in [-0.1, -0.05) is 17.8 Å². The number of nitrogens with zero attached hydrogens (tertiary/aromatic N) is 2. The standard InChI is InChI=1S/C13H13N3O4S/c1-19-11(17)8-5-4-6-9(10(8)12(18)20-2)16-13(21-3)15-7-14/h4-6H,1-3H3,(H,15,16). The second-order valence-corrected chi connectivity index (χ2v) is 4.34. The lowest BCUT2D eigenvalue weighted by Gasteiger charge is -2.09. The molecule has 0 saturated heterocycles. The number of esters is 2. The zero-order valence-corrected chi connectivity index (χ0v) is 12.5. The third-order valence-electron chi connectivity index (χ3n) is 2.42. The minimum Gasteiger partial charge on any atom is -0.465 e. The van der Waals surface area contributed by atoms with Crippen molar-refractivity contribution in [3.63, 3.8) is 0 Å². The molecule has 0 unspecified atom stereocenters. The van der Waals surface area contributed by atoms with Crippen LogP contribution in [0.25, 0.3) is 0 Å². The molecule has 0 radical (unpaired) electrons. The van der Waals surface area contributed by atoms with Crippen LogP contribution in [0.2, 0.25) is 0 Å². The highest BCUT2D eigenvalue weighted by Crippen LogP contribution is 2.25. The van der Waals surface area contributed by atoms with Gasteiger partial charge in [-0.2, -0.15) is 5.26 Å². The summed E-state index contributed by atoms with van der Waals surface area (Å²) in [5.41, 5.74) is 0.234. The Balaban J connectivity index is 3.48. The molecule has 8 heteroatoms. The molecule has 1 rings (SSSR count). The summed E-state index contributed by atoms with van der Waals surface area (Å²) in [4.78, 5) is 27.8. The van der Waals surface area contributed by atoms with Gasteiger partial charge in [0.1, 0.15) is 0 Å². The lowest BCUT2D eigenvalue weighted by atomic mass is 10.1. The molecule has 0 aliphatic heterocycles. The smallest absolute Gasteiger partial charge is 0.340 e. The summed E-state index contributed by atoms with van der Waals surface area (Å²) in [5.74, 6) is -1.39. The monoisotopic (exact) mass is 307 g/mol. The Morgan fingerprint density at radius 2 is 1.95 bits per heavy atom. The number of nitrogens with one attached hydrogen (secondary N) is 1. The molecule has 0 aliphatic rings. The fourth-order valence-electron chi connectivity index (χ4n) is 1.51. The fraction of sp³-hybridized carbons (Fsp3) is 0.231. The number of amidine groups is 1. The number of aliphatic imine (C=N–C) groups is 1. The quantitative estimate of drug-likeness (QED) is 0.298. The van der Waals surface area contributed by atoms with E-state index in [0.29, 0.717) is 0 Å². The molecule has 1 N–H and O–H groups in total. The zero-order valence-electron chi connectivity index (χ0n) is 11.7. The molecule has 0 saturated carbocycles. The van der Waals surface area contributed by atoms with E-state index in [0.717, 1.165) is 0 Å². The Morgan fingerprint density at radius 3 is 2.48 bits per heavy atom. The SMILES string of the molecule is COC(=O)c1cccc(N=C(NC#N)SC)c1C(=O)OC. The fourth-order valence-corrected chi connectivity index (χ4v) is 1.85. The lowest BCUT2D eigenvalue weighted by Crippen LogP contribution is -2.15. The average Bonchev–Trinajstić information content (AvgIpc) is 2.52. The summed E-state index contributed by atoms with van der Waals surface area (Å²) in [7, 11) is 2.41. The van der Waals surface area contributed by atoms with Crippen molar-refractivity contribution in [3.05, 3.63) is 29.3 Å². The zero-order chi connectivity index (χ0) is 15.8. The van der Waals surface area contributed by atoms with Crippen molar-refractivity contribution < 1.29 is 19.1 Å². The van der Waals surface area contributed by atoms with Gasteiger partial charge in [0.05, 0.1) is 31.0 Å². The Bertz CT molecular complexity index is 622. The molecule has 0 bridgehead atoms. The molecule has 0 amide bonds. The van der Waals surface area contributed by atoms with E-state index in [-0.39, 0.29) is 22.0 Å². The normalized spacial score (nSPS) is 10.5.